The van der Waals surface area contributed by atoms with E-state index in [1.807, 2.05) is 0 Å². The number of hydrogen-bond donors (Lipinski definition) is 3. The van der Waals surface area contributed by atoms with Crippen LogP contribution in [0.1, 0.15) is 12.7 Å². The zero-order valence-corrected chi connectivity index (χ0v) is 22.1. The first kappa shape index (κ1) is 26.8. The maximum Gasteiger partial charge on any atom is 0.352 e. The number of oxime groups is 1. The number of rotatable bonds is 11. The van der Waals surface area contributed by atoms with Gasteiger partial charge in [-0.25, -0.2) is 9.59 Å². The van der Waals surface area contributed by atoms with Crippen LogP contribution in [0, 0.1) is 0 Å². The topological polar surface area (TPSA) is 212 Å². The fraction of sp³-hybridized carbons (Fsp3) is 0.389. The number of aliphatic carboxylic acids is 1. The van der Waals surface area contributed by atoms with Crippen LogP contribution in [0.3, 0.4) is 0 Å². The number of nitrogen functional groups attached to an aromatic ring is 1. The van der Waals surface area contributed by atoms with Gasteiger partial charge in [0.2, 0.25) is 18.1 Å². The van der Waals surface area contributed by atoms with Crippen LogP contribution in [0.5, 0.6) is 0 Å². The van der Waals surface area contributed by atoms with Gasteiger partial charge in [-0.15, -0.1) is 22.0 Å². The van der Waals surface area contributed by atoms with Gasteiger partial charge in [0.1, 0.15) is 22.6 Å². The minimum absolute atomic E-state index is 0.0600. The number of nitrogens with one attached hydrogen (secondary N) is 1. The lowest BCUT2D eigenvalue weighted by Gasteiger charge is -2.49. The Hall–Kier alpha value is -3.29. The standard InChI is InChI=1S/C18H18N8O7S4/c1-2-32-8(27)3-33-24-9(12-22-17(19)37-25-12)13(28)21-10-14(29)26-11(16(30)31)7(4-34-15(10)26)5-35-18-23-20-6-36-18/h6,10,15H,2-5H2,1H3,(H,21,28)(H,30,31)(H2,19,22,25)/b24-9+. The number of carboxylic acids is 1. The van der Waals surface area contributed by atoms with Crippen molar-refractivity contribution >= 4 is 81.0 Å². The number of β-lactam (4-membered cyclic amide) rings is 1. The molecule has 4 heterocycles. The summed E-state index contributed by atoms with van der Waals surface area (Å²) in [5, 5.41) is 23.1. The molecule has 0 spiro atoms. The fourth-order valence-electron chi connectivity index (χ4n) is 3.25. The summed E-state index contributed by atoms with van der Waals surface area (Å²) in [5.41, 5.74) is 7.21. The van der Waals surface area contributed by atoms with Gasteiger partial charge in [-0.1, -0.05) is 28.3 Å². The lowest BCUT2D eigenvalue weighted by atomic mass is 10.0. The summed E-state index contributed by atoms with van der Waals surface area (Å²) >= 11 is 4.78. The molecule has 4 rings (SSSR count). The third kappa shape index (κ3) is 6.00. The van der Waals surface area contributed by atoms with Crippen molar-refractivity contribution in [2.24, 2.45) is 5.16 Å². The number of thioether (sulfide) groups is 2. The van der Waals surface area contributed by atoms with Crippen molar-refractivity contribution in [3.8, 4) is 0 Å². The number of nitrogens with two attached hydrogens (primary N) is 1. The predicted octanol–water partition coefficient (Wildman–Crippen LogP) is -0.213. The van der Waals surface area contributed by atoms with Crippen LogP contribution in [0.2, 0.25) is 0 Å². The number of carboxylic acid groups (broad SMARTS) is 1. The number of amides is 2. The maximum atomic E-state index is 13.0. The number of aromatic nitrogens is 4. The van der Waals surface area contributed by atoms with Crippen molar-refractivity contribution in [3.05, 3.63) is 22.6 Å². The number of esters is 1. The molecule has 0 saturated carbocycles. The summed E-state index contributed by atoms with van der Waals surface area (Å²) in [7, 11) is 0. The SMILES string of the molecule is CCOC(=O)CO/N=C(/C(=O)NC1C(=O)N2C(C(=O)O)=C(CSc3nncs3)CSC12)c1nsc(N)n1. The first-order valence-corrected chi connectivity index (χ1v) is 14.0. The van der Waals surface area contributed by atoms with Crippen molar-refractivity contribution in [2.45, 2.75) is 22.7 Å². The van der Waals surface area contributed by atoms with Gasteiger partial charge in [-0.3, -0.25) is 14.5 Å². The van der Waals surface area contributed by atoms with Gasteiger partial charge in [-0.05, 0) is 12.5 Å². The second-order valence-corrected chi connectivity index (χ2v) is 11.0. The highest BCUT2D eigenvalue weighted by Crippen LogP contribution is 2.41. The van der Waals surface area contributed by atoms with Crippen molar-refractivity contribution in [1.29, 1.82) is 0 Å². The number of carbonyl (C=O) groups is 4. The minimum atomic E-state index is -1.24. The van der Waals surface area contributed by atoms with Gasteiger partial charge in [0.15, 0.2) is 9.47 Å². The summed E-state index contributed by atoms with van der Waals surface area (Å²) < 4.78 is 9.35. The highest BCUT2D eigenvalue weighted by molar-refractivity contribution is 8.01. The van der Waals surface area contributed by atoms with Crippen LogP contribution in [-0.2, 0) is 28.8 Å². The molecule has 2 aromatic heterocycles. The molecule has 0 aliphatic carbocycles. The Morgan fingerprint density at radius 2 is 2.22 bits per heavy atom. The van der Waals surface area contributed by atoms with E-state index in [0.29, 0.717) is 21.4 Å². The monoisotopic (exact) mass is 586 g/mol. The van der Waals surface area contributed by atoms with Gasteiger partial charge < -0.3 is 25.7 Å². The largest absolute Gasteiger partial charge is 0.477 e. The molecule has 15 nitrogen and oxygen atoms in total. The number of ether oxygens (including phenoxy) is 1. The molecule has 196 valence electrons. The summed E-state index contributed by atoms with van der Waals surface area (Å²) in [5.74, 6) is -2.91. The van der Waals surface area contributed by atoms with E-state index in [1.54, 1.807) is 12.4 Å². The molecule has 0 bridgehead atoms. The average molecular weight is 587 g/mol. The molecule has 2 aliphatic rings. The maximum absolute atomic E-state index is 13.0. The lowest BCUT2D eigenvalue weighted by Crippen LogP contribution is -2.71. The number of carbonyl (C=O) groups excluding carboxylic acids is 3. The van der Waals surface area contributed by atoms with E-state index in [0.717, 1.165) is 16.4 Å². The van der Waals surface area contributed by atoms with Crippen molar-refractivity contribution in [3.63, 3.8) is 0 Å². The van der Waals surface area contributed by atoms with Gasteiger partial charge in [0.25, 0.3) is 11.8 Å². The van der Waals surface area contributed by atoms with Gasteiger partial charge >= 0.3 is 11.9 Å². The van der Waals surface area contributed by atoms with E-state index < -0.39 is 47.5 Å². The van der Waals surface area contributed by atoms with E-state index in [9.17, 15) is 24.3 Å². The molecule has 2 aromatic rings. The smallest absolute Gasteiger partial charge is 0.352 e. The zero-order valence-electron chi connectivity index (χ0n) is 18.9. The van der Waals surface area contributed by atoms with E-state index in [1.165, 1.54) is 34.9 Å². The highest BCUT2D eigenvalue weighted by atomic mass is 32.2. The zero-order chi connectivity index (χ0) is 26.5. The Balaban J connectivity index is 1.47. The molecule has 19 heteroatoms. The highest BCUT2D eigenvalue weighted by Gasteiger charge is 2.54. The Labute approximate surface area is 225 Å². The molecular weight excluding hydrogens is 569 g/mol. The van der Waals surface area contributed by atoms with Gasteiger partial charge in [0, 0.05) is 23.0 Å². The molecule has 4 N–H and O–H groups in total. The third-order valence-electron chi connectivity index (χ3n) is 4.76. The number of fused-ring (bicyclic) bond motifs is 1. The molecule has 2 atom stereocenters. The normalized spacial score (nSPS) is 19.2. The van der Waals surface area contributed by atoms with Crippen molar-refractivity contribution < 1.29 is 33.9 Å². The molecule has 2 amide bonds. The quantitative estimate of drug-likeness (QED) is 0.102. The van der Waals surface area contributed by atoms with Crippen molar-refractivity contribution in [2.75, 3.05) is 30.5 Å². The number of nitrogens with zero attached hydrogens (tertiary/aromatic N) is 6. The second kappa shape index (κ2) is 11.8. The van der Waals surface area contributed by atoms with E-state index in [4.69, 9.17) is 15.3 Å². The average Bonchev–Trinajstić information content (AvgIpc) is 3.55. The molecule has 1 saturated heterocycles. The molecule has 2 unspecified atom stereocenters. The third-order valence-corrected chi connectivity index (χ3v) is 8.59. The fourth-order valence-corrected chi connectivity index (χ4v) is 6.65. The molecule has 1 fully saturated rings. The van der Waals surface area contributed by atoms with Crippen LogP contribution in [0.25, 0.3) is 0 Å². The minimum Gasteiger partial charge on any atom is -0.477 e. The Kier molecular flexibility index (Phi) is 8.56. The van der Waals surface area contributed by atoms with Gasteiger partial charge in [-0.2, -0.15) is 9.36 Å². The predicted molar refractivity (Wildman–Crippen MR) is 134 cm³/mol. The summed E-state index contributed by atoms with van der Waals surface area (Å²) in [6.07, 6.45) is 0. The molecular formula is C18H18N8O7S4. The molecule has 37 heavy (non-hydrogen) atoms. The van der Waals surface area contributed by atoms with Crippen molar-refractivity contribution in [1.82, 2.24) is 29.8 Å². The van der Waals surface area contributed by atoms with Gasteiger partial charge in [0.05, 0.1) is 6.61 Å². The summed E-state index contributed by atoms with van der Waals surface area (Å²) in [6.45, 7) is 1.19. The van der Waals surface area contributed by atoms with Crippen LogP contribution in [0.15, 0.2) is 26.3 Å². The Morgan fingerprint density at radius 1 is 1.41 bits per heavy atom. The summed E-state index contributed by atoms with van der Waals surface area (Å²) in [6, 6.07) is -1.03. The first-order valence-electron chi connectivity index (χ1n) is 10.3. The second-order valence-electron chi connectivity index (χ2n) is 7.09. The lowest BCUT2D eigenvalue weighted by molar-refractivity contribution is -0.150. The van der Waals surface area contributed by atoms with Crippen LogP contribution < -0.4 is 11.1 Å². The molecule has 0 radical (unpaired) electrons. The molecule has 0 aromatic carbocycles. The number of anilines is 1. The van der Waals surface area contributed by atoms with E-state index in [-0.39, 0.29) is 23.3 Å². The summed E-state index contributed by atoms with van der Waals surface area (Å²) in [4.78, 5) is 59.5. The number of hydrogen-bond acceptors (Lipinski definition) is 16. The molecule has 2 aliphatic heterocycles. The van der Waals surface area contributed by atoms with E-state index in [2.05, 4.69) is 30.0 Å². The van der Waals surface area contributed by atoms with E-state index >= 15 is 0 Å². The Morgan fingerprint density at radius 3 is 2.86 bits per heavy atom. The first-order chi connectivity index (χ1) is 17.8. The van der Waals surface area contributed by atoms with Crippen LogP contribution >= 0.6 is 46.4 Å². The van der Waals surface area contributed by atoms with Crippen LogP contribution in [0.4, 0.5) is 5.13 Å². The van der Waals surface area contributed by atoms with Crippen LogP contribution in [-0.4, -0.2) is 95.2 Å². The Bertz CT molecular complexity index is 1260.